The lowest BCUT2D eigenvalue weighted by Crippen LogP contribution is -2.14. The van der Waals surface area contributed by atoms with Crippen LogP contribution in [0.4, 0.5) is 10.2 Å². The molecule has 0 radical (unpaired) electrons. The first-order valence-corrected chi connectivity index (χ1v) is 11.5. The molecule has 0 saturated carbocycles. The van der Waals surface area contributed by atoms with Crippen LogP contribution >= 0.6 is 23.2 Å². The number of nitrogens with one attached hydrogen (secondary N) is 4. The molecule has 0 amide bonds. The molecule has 6 nitrogen and oxygen atoms in total. The van der Waals surface area contributed by atoms with Crippen molar-refractivity contribution in [2.45, 2.75) is 52.4 Å². The Morgan fingerprint density at radius 3 is 2.75 bits per heavy atom. The van der Waals surface area contributed by atoms with E-state index in [-0.39, 0.29) is 18.1 Å². The van der Waals surface area contributed by atoms with Gasteiger partial charge in [-0.3, -0.25) is 5.41 Å². The minimum Gasteiger partial charge on any atom is -0.384 e. The Balaban J connectivity index is 1.75. The number of anilines is 1. The van der Waals surface area contributed by atoms with Gasteiger partial charge in [-0.2, -0.15) is 0 Å². The maximum Gasteiger partial charge on any atom is 0.202 e. The van der Waals surface area contributed by atoms with E-state index in [1.54, 1.807) is 6.07 Å². The average Bonchev–Trinajstić information content (AvgIpc) is 3.10. The van der Waals surface area contributed by atoms with E-state index in [1.165, 1.54) is 12.1 Å². The maximum absolute atomic E-state index is 13.1. The quantitative estimate of drug-likeness (QED) is 0.150. The molecular weight excluding hydrogens is 450 g/mol. The number of H-pyrrole nitrogens is 1. The number of hydrogen-bond acceptors (Lipinski definition) is 4. The third-order valence-corrected chi connectivity index (χ3v) is 5.33. The molecule has 0 saturated heterocycles. The van der Waals surface area contributed by atoms with E-state index in [2.05, 4.69) is 39.1 Å². The Hall–Kier alpha value is -2.38. The van der Waals surface area contributed by atoms with Gasteiger partial charge < -0.3 is 15.6 Å². The van der Waals surface area contributed by atoms with Crippen molar-refractivity contribution in [3.63, 3.8) is 0 Å². The summed E-state index contributed by atoms with van der Waals surface area (Å²) < 4.78 is 13.1. The van der Waals surface area contributed by atoms with E-state index in [9.17, 15) is 4.39 Å². The van der Waals surface area contributed by atoms with Gasteiger partial charge in [0.15, 0.2) is 5.82 Å². The van der Waals surface area contributed by atoms with Crippen molar-refractivity contribution in [1.82, 2.24) is 15.3 Å². The first-order chi connectivity index (χ1) is 15.3. The molecule has 1 heterocycles. The molecule has 0 bridgehead atoms. The van der Waals surface area contributed by atoms with Gasteiger partial charge >= 0.3 is 0 Å². The second-order valence-corrected chi connectivity index (χ2v) is 8.37. The third-order valence-electron chi connectivity index (χ3n) is 4.80. The van der Waals surface area contributed by atoms with Crippen LogP contribution in [0.25, 0.3) is 5.70 Å². The molecule has 0 aliphatic heterocycles. The Kier molecular flexibility index (Phi) is 10.7. The molecule has 9 heteroatoms. The van der Waals surface area contributed by atoms with Crippen molar-refractivity contribution in [3.8, 4) is 0 Å². The van der Waals surface area contributed by atoms with Crippen LogP contribution in [0.3, 0.4) is 0 Å². The number of aromatic amines is 1. The minimum absolute atomic E-state index is 0.207. The van der Waals surface area contributed by atoms with E-state index in [4.69, 9.17) is 28.6 Å². The number of benzene rings is 1. The molecule has 2 aromatic rings. The summed E-state index contributed by atoms with van der Waals surface area (Å²) in [5, 5.41) is 15.3. The summed E-state index contributed by atoms with van der Waals surface area (Å²) in [6.45, 7) is 9.69. The Labute approximate surface area is 199 Å². The molecular formula is C23H31Cl2FN6. The average molecular weight is 481 g/mol. The van der Waals surface area contributed by atoms with Crippen molar-refractivity contribution < 1.29 is 4.39 Å². The minimum atomic E-state index is -0.389. The van der Waals surface area contributed by atoms with Crippen molar-refractivity contribution in [1.29, 1.82) is 5.41 Å². The monoisotopic (exact) mass is 480 g/mol. The van der Waals surface area contributed by atoms with Crippen LogP contribution in [-0.2, 0) is 6.42 Å². The standard InChI is InChI=1S/C23H31Cl2FN6/c1-4-5-11-28-16(3)21-22(32-23(25)31-21)29-12-7-6-8-15(2)30-20(27)13-17-9-10-18(26)14-19(17)24/h9-10,14,27-29H,3-8,11-13H2,1-2H3,(H,31,32). The van der Waals surface area contributed by atoms with Crippen LogP contribution in [0, 0.1) is 11.2 Å². The summed E-state index contributed by atoms with van der Waals surface area (Å²) >= 11 is 12.1. The number of hydrogen-bond donors (Lipinski definition) is 4. The maximum atomic E-state index is 13.1. The van der Waals surface area contributed by atoms with Gasteiger partial charge in [0.2, 0.25) is 5.28 Å². The van der Waals surface area contributed by atoms with Crippen molar-refractivity contribution in [2.75, 3.05) is 18.4 Å². The molecule has 0 spiro atoms. The first kappa shape index (κ1) is 25.9. The zero-order valence-electron chi connectivity index (χ0n) is 18.6. The molecule has 0 unspecified atom stereocenters. The molecule has 32 heavy (non-hydrogen) atoms. The fourth-order valence-corrected chi connectivity index (χ4v) is 3.49. The number of aromatic nitrogens is 2. The highest BCUT2D eigenvalue weighted by atomic mass is 35.5. The van der Waals surface area contributed by atoms with Crippen LogP contribution < -0.4 is 10.6 Å². The molecule has 0 fully saturated rings. The van der Waals surface area contributed by atoms with E-state index in [0.29, 0.717) is 21.7 Å². The van der Waals surface area contributed by atoms with Gasteiger partial charge in [0.05, 0.1) is 5.70 Å². The lowest BCUT2D eigenvalue weighted by Gasteiger charge is -2.10. The second kappa shape index (κ2) is 13.2. The van der Waals surface area contributed by atoms with Gasteiger partial charge in [0.1, 0.15) is 17.3 Å². The van der Waals surface area contributed by atoms with Crippen molar-refractivity contribution in [2.24, 2.45) is 4.99 Å². The summed E-state index contributed by atoms with van der Waals surface area (Å²) in [5.41, 5.74) is 3.11. The topological polar surface area (TPSA) is 88.9 Å². The summed E-state index contributed by atoms with van der Waals surface area (Å²) in [4.78, 5) is 11.7. The largest absolute Gasteiger partial charge is 0.384 e. The number of imidazole rings is 1. The van der Waals surface area contributed by atoms with Gasteiger partial charge in [-0.1, -0.05) is 37.6 Å². The number of nitrogens with zero attached hydrogens (tertiary/aromatic N) is 2. The molecule has 2 rings (SSSR count). The normalized spacial score (nSPS) is 11.5. The molecule has 0 aliphatic rings. The van der Waals surface area contributed by atoms with Crippen LogP contribution in [-0.4, -0.2) is 34.6 Å². The van der Waals surface area contributed by atoms with E-state index in [1.807, 2.05) is 6.92 Å². The van der Waals surface area contributed by atoms with Gasteiger partial charge in [-0.25, -0.2) is 14.4 Å². The van der Waals surface area contributed by atoms with E-state index < -0.39 is 0 Å². The number of aliphatic imine (C=N–C) groups is 1. The first-order valence-electron chi connectivity index (χ1n) is 10.8. The molecule has 1 aromatic heterocycles. The molecule has 4 N–H and O–H groups in total. The zero-order valence-corrected chi connectivity index (χ0v) is 20.1. The summed E-state index contributed by atoms with van der Waals surface area (Å²) in [7, 11) is 0. The number of unbranched alkanes of at least 4 members (excludes halogenated alkanes) is 2. The summed E-state index contributed by atoms with van der Waals surface area (Å²) in [5.74, 6) is 0.506. The fraction of sp³-hybridized carbons (Fsp3) is 0.435. The van der Waals surface area contributed by atoms with Crippen LogP contribution in [0.1, 0.15) is 57.2 Å². The fourth-order valence-electron chi connectivity index (χ4n) is 3.08. The van der Waals surface area contributed by atoms with Gasteiger partial charge in [-0.15, -0.1) is 0 Å². The molecule has 174 valence electrons. The van der Waals surface area contributed by atoms with Gasteiger partial charge in [-0.05, 0) is 61.9 Å². The van der Waals surface area contributed by atoms with Crippen LogP contribution in [0.15, 0.2) is 29.8 Å². The highest BCUT2D eigenvalue weighted by Gasteiger charge is 2.12. The summed E-state index contributed by atoms with van der Waals surface area (Å²) in [6.07, 6.45) is 5.05. The number of amidine groups is 1. The highest BCUT2D eigenvalue weighted by Crippen LogP contribution is 2.21. The Morgan fingerprint density at radius 1 is 1.25 bits per heavy atom. The lowest BCUT2D eigenvalue weighted by atomic mass is 10.1. The predicted molar refractivity (Wildman–Crippen MR) is 134 cm³/mol. The number of halogens is 3. The van der Waals surface area contributed by atoms with Crippen molar-refractivity contribution in [3.05, 3.63) is 52.2 Å². The van der Waals surface area contributed by atoms with E-state index in [0.717, 1.165) is 62.3 Å². The number of rotatable bonds is 13. The third kappa shape index (κ3) is 8.63. The molecule has 0 aliphatic carbocycles. The second-order valence-electron chi connectivity index (χ2n) is 7.60. The smallest absolute Gasteiger partial charge is 0.202 e. The zero-order chi connectivity index (χ0) is 23.5. The Bertz CT molecular complexity index is 954. The van der Waals surface area contributed by atoms with Gasteiger partial charge in [0.25, 0.3) is 0 Å². The van der Waals surface area contributed by atoms with Crippen LogP contribution in [0.2, 0.25) is 10.3 Å². The SMILES string of the molecule is C=C(NCCCC)c1[nH]c(Cl)nc1NCCCCC(C)=NC(=N)Cc1ccc(F)cc1Cl. The highest BCUT2D eigenvalue weighted by molar-refractivity contribution is 6.31. The lowest BCUT2D eigenvalue weighted by molar-refractivity contribution is 0.627. The van der Waals surface area contributed by atoms with Crippen molar-refractivity contribution >= 4 is 46.3 Å². The Morgan fingerprint density at radius 2 is 2.03 bits per heavy atom. The molecule has 0 atom stereocenters. The van der Waals surface area contributed by atoms with Gasteiger partial charge in [0, 0.05) is 30.2 Å². The van der Waals surface area contributed by atoms with E-state index >= 15 is 0 Å². The predicted octanol–water partition coefficient (Wildman–Crippen LogP) is 6.48. The molecule has 1 aromatic carbocycles. The van der Waals surface area contributed by atoms with Crippen LogP contribution in [0.5, 0.6) is 0 Å². The summed E-state index contributed by atoms with van der Waals surface area (Å²) in [6, 6.07) is 4.18.